The number of imidazole rings is 1. The highest BCUT2D eigenvalue weighted by atomic mass is 19.1. The Labute approximate surface area is 177 Å². The third-order valence-electron chi connectivity index (χ3n) is 4.93. The minimum absolute atomic E-state index is 0.202. The zero-order valence-electron chi connectivity index (χ0n) is 16.6. The lowest BCUT2D eigenvalue weighted by Gasteiger charge is -2.16. The van der Waals surface area contributed by atoms with E-state index >= 15 is 0 Å². The molecule has 1 atom stereocenters. The standard InChI is InChI=1S/C23H20FN5O2/c24-18-4-1-3-16(13-18)17(14-30)7-11-29-20(6-8-25)21(28-12-10-26-15-28)22(31)19-5-2-9-27-23(19)29/h1-5,9-10,12-13,15,17,30H,6,8,14,25H2. The van der Waals surface area contributed by atoms with Crippen LogP contribution < -0.4 is 11.2 Å². The average molecular weight is 417 g/mol. The van der Waals surface area contributed by atoms with Crippen LogP contribution in [0.5, 0.6) is 0 Å². The summed E-state index contributed by atoms with van der Waals surface area (Å²) in [5, 5.41) is 10.2. The molecule has 156 valence electrons. The van der Waals surface area contributed by atoms with Crippen molar-refractivity contribution >= 4 is 11.0 Å². The van der Waals surface area contributed by atoms with Crippen molar-refractivity contribution in [2.75, 3.05) is 13.2 Å². The Hall–Kier alpha value is -3.80. The van der Waals surface area contributed by atoms with Gasteiger partial charge >= 0.3 is 0 Å². The molecule has 0 fully saturated rings. The maximum Gasteiger partial charge on any atom is 0.215 e. The number of pyridine rings is 2. The second-order valence-corrected chi connectivity index (χ2v) is 6.89. The molecule has 0 aliphatic heterocycles. The molecular formula is C23H20FN5O2. The number of rotatable bonds is 5. The van der Waals surface area contributed by atoms with Gasteiger partial charge in [-0.15, -0.1) is 0 Å². The summed E-state index contributed by atoms with van der Waals surface area (Å²) < 4.78 is 16.9. The zero-order chi connectivity index (χ0) is 21.8. The van der Waals surface area contributed by atoms with Crippen LogP contribution in [0.3, 0.4) is 0 Å². The number of aromatic nitrogens is 4. The van der Waals surface area contributed by atoms with E-state index in [1.807, 2.05) is 0 Å². The van der Waals surface area contributed by atoms with E-state index in [4.69, 9.17) is 5.73 Å². The lowest BCUT2D eigenvalue weighted by atomic mass is 10.0. The molecule has 0 radical (unpaired) electrons. The normalized spacial score (nSPS) is 11.8. The molecular weight excluding hydrogens is 397 g/mol. The predicted molar refractivity (Wildman–Crippen MR) is 115 cm³/mol. The smallest absolute Gasteiger partial charge is 0.215 e. The summed E-state index contributed by atoms with van der Waals surface area (Å²) >= 11 is 0. The lowest BCUT2D eigenvalue weighted by Crippen LogP contribution is -2.23. The minimum atomic E-state index is -0.615. The fourth-order valence-electron chi connectivity index (χ4n) is 3.49. The summed E-state index contributed by atoms with van der Waals surface area (Å²) in [6.07, 6.45) is 6.76. The topological polar surface area (TPSA) is 99.0 Å². The molecule has 0 aliphatic carbocycles. The Kier molecular flexibility index (Phi) is 5.89. The maximum atomic E-state index is 13.7. The van der Waals surface area contributed by atoms with Gasteiger partial charge < -0.3 is 15.4 Å². The van der Waals surface area contributed by atoms with Crippen molar-refractivity contribution in [1.29, 1.82) is 0 Å². The van der Waals surface area contributed by atoms with Crippen LogP contribution >= 0.6 is 0 Å². The van der Waals surface area contributed by atoms with Gasteiger partial charge in [0.1, 0.15) is 11.5 Å². The second-order valence-electron chi connectivity index (χ2n) is 6.89. The number of aliphatic hydroxyl groups is 1. The van der Waals surface area contributed by atoms with Crippen LogP contribution in [0.4, 0.5) is 4.39 Å². The van der Waals surface area contributed by atoms with Crippen LogP contribution in [0, 0.1) is 17.8 Å². The Morgan fingerprint density at radius 3 is 2.81 bits per heavy atom. The van der Waals surface area contributed by atoms with E-state index in [1.54, 1.807) is 58.3 Å². The first-order chi connectivity index (χ1) is 15.1. The van der Waals surface area contributed by atoms with Crippen molar-refractivity contribution in [1.82, 2.24) is 19.1 Å². The third kappa shape index (κ3) is 3.97. The van der Waals surface area contributed by atoms with E-state index in [1.165, 1.54) is 12.1 Å². The molecule has 4 rings (SSSR count). The first-order valence-corrected chi connectivity index (χ1v) is 9.73. The summed E-state index contributed by atoms with van der Waals surface area (Å²) in [6, 6.07) is 12.4. The summed E-state index contributed by atoms with van der Waals surface area (Å²) in [5.41, 5.74) is 7.57. The molecule has 0 spiro atoms. The number of hydrogen-bond acceptors (Lipinski definition) is 5. The van der Waals surface area contributed by atoms with E-state index in [0.29, 0.717) is 34.4 Å². The van der Waals surface area contributed by atoms with Crippen molar-refractivity contribution < 1.29 is 9.50 Å². The van der Waals surface area contributed by atoms with Gasteiger partial charge in [-0.2, -0.15) is 0 Å². The van der Waals surface area contributed by atoms with Gasteiger partial charge in [-0.25, -0.2) is 14.4 Å². The highest BCUT2D eigenvalue weighted by Crippen LogP contribution is 2.19. The Morgan fingerprint density at radius 2 is 2.10 bits per heavy atom. The van der Waals surface area contributed by atoms with Crippen LogP contribution in [0.25, 0.3) is 16.7 Å². The molecule has 1 unspecified atom stereocenters. The molecule has 3 N–H and O–H groups in total. The van der Waals surface area contributed by atoms with Crippen LogP contribution in [0.15, 0.2) is 66.1 Å². The minimum Gasteiger partial charge on any atom is -0.395 e. The molecule has 0 bridgehead atoms. The maximum absolute atomic E-state index is 13.7. The van der Waals surface area contributed by atoms with Gasteiger partial charge in [-0.1, -0.05) is 18.1 Å². The van der Waals surface area contributed by atoms with Crippen LogP contribution in [-0.2, 0) is 6.42 Å². The van der Waals surface area contributed by atoms with Crippen molar-refractivity contribution in [3.05, 3.63) is 88.6 Å². The molecule has 3 aromatic heterocycles. The molecule has 8 heteroatoms. The summed E-state index contributed by atoms with van der Waals surface area (Å²) in [5.74, 6) is 1.98. The fraction of sp³-hybridized carbons (Fsp3) is 0.174. The van der Waals surface area contributed by atoms with E-state index in [-0.39, 0.29) is 18.6 Å². The first-order valence-electron chi connectivity index (χ1n) is 9.73. The molecule has 4 aromatic rings. The number of nitrogens with two attached hydrogens (primary N) is 1. The second kappa shape index (κ2) is 8.92. The molecule has 3 heterocycles. The largest absolute Gasteiger partial charge is 0.395 e. The van der Waals surface area contributed by atoms with Gasteiger partial charge in [-0.05, 0) is 36.4 Å². The fourth-order valence-corrected chi connectivity index (χ4v) is 3.49. The summed E-state index contributed by atoms with van der Waals surface area (Å²) in [6.45, 7) is -0.00288. The molecule has 7 nitrogen and oxygen atoms in total. The van der Waals surface area contributed by atoms with Gasteiger partial charge in [0.2, 0.25) is 5.43 Å². The number of aliphatic hydroxyl groups excluding tert-OH is 1. The molecule has 0 amide bonds. The van der Waals surface area contributed by atoms with Crippen molar-refractivity contribution in [3.63, 3.8) is 0 Å². The zero-order valence-corrected chi connectivity index (χ0v) is 16.6. The van der Waals surface area contributed by atoms with Gasteiger partial charge in [-0.3, -0.25) is 9.36 Å². The Balaban J connectivity index is 1.98. The first kappa shape index (κ1) is 20.5. The highest BCUT2D eigenvalue weighted by Gasteiger charge is 2.18. The third-order valence-corrected chi connectivity index (χ3v) is 4.93. The van der Waals surface area contributed by atoms with Crippen molar-refractivity contribution in [2.45, 2.75) is 12.3 Å². The average Bonchev–Trinajstić information content (AvgIpc) is 3.31. The number of halogens is 1. The number of nitrogens with zero attached hydrogens (tertiary/aromatic N) is 4. The van der Waals surface area contributed by atoms with Crippen LogP contribution in [-0.4, -0.2) is 37.4 Å². The highest BCUT2D eigenvalue weighted by molar-refractivity contribution is 5.79. The SMILES string of the molecule is NCCc1c(-n2ccnc2)c(=O)c2cccnc2n1C#CC(CO)c1cccc(F)c1. The molecule has 0 saturated heterocycles. The Bertz CT molecular complexity index is 1340. The number of hydrogen-bond donors (Lipinski definition) is 2. The van der Waals surface area contributed by atoms with Gasteiger partial charge in [0, 0.05) is 31.1 Å². The Morgan fingerprint density at radius 1 is 1.23 bits per heavy atom. The van der Waals surface area contributed by atoms with Crippen molar-refractivity contribution in [3.8, 4) is 17.7 Å². The van der Waals surface area contributed by atoms with E-state index < -0.39 is 11.7 Å². The quantitative estimate of drug-likeness (QED) is 0.483. The number of fused-ring (bicyclic) bond motifs is 1. The van der Waals surface area contributed by atoms with Crippen LogP contribution in [0.1, 0.15) is 17.2 Å². The summed E-state index contributed by atoms with van der Waals surface area (Å²) in [7, 11) is 0. The van der Waals surface area contributed by atoms with E-state index in [0.717, 1.165) is 0 Å². The monoisotopic (exact) mass is 417 g/mol. The van der Waals surface area contributed by atoms with Crippen molar-refractivity contribution in [2.24, 2.45) is 5.73 Å². The predicted octanol–water partition coefficient (Wildman–Crippen LogP) is 1.81. The molecule has 31 heavy (non-hydrogen) atoms. The van der Waals surface area contributed by atoms with E-state index in [2.05, 4.69) is 21.9 Å². The van der Waals surface area contributed by atoms with Crippen LogP contribution in [0.2, 0.25) is 0 Å². The number of benzene rings is 1. The van der Waals surface area contributed by atoms with Gasteiger partial charge in [0.05, 0.1) is 29.9 Å². The summed E-state index contributed by atoms with van der Waals surface area (Å²) in [4.78, 5) is 21.7. The molecule has 0 saturated carbocycles. The van der Waals surface area contributed by atoms with Gasteiger partial charge in [0.25, 0.3) is 0 Å². The molecule has 0 aliphatic rings. The lowest BCUT2D eigenvalue weighted by molar-refractivity contribution is 0.286. The van der Waals surface area contributed by atoms with E-state index in [9.17, 15) is 14.3 Å². The van der Waals surface area contributed by atoms with Gasteiger partial charge in [0.15, 0.2) is 5.65 Å². The molecule has 1 aromatic carbocycles.